The molecule has 1 aromatic carbocycles. The summed E-state index contributed by atoms with van der Waals surface area (Å²) >= 11 is 0. The van der Waals surface area contributed by atoms with Gasteiger partial charge in [-0.2, -0.15) is 0 Å². The average Bonchev–Trinajstić information content (AvgIpc) is 2.36. The first kappa shape index (κ1) is 18.5. The standard InChI is InChI=1S/C16H26N2O3S/c1-11(2)13(4)17-16(19)14(5)18(22(6,20)21)15-9-7-8-12(3)10-15/h7-11,13-14H,1-6H3,(H,17,19)/t13-,14+/m1/s1. The van der Waals surface area contributed by atoms with E-state index in [0.717, 1.165) is 11.8 Å². The van der Waals surface area contributed by atoms with Crippen LogP contribution in [0.5, 0.6) is 0 Å². The highest BCUT2D eigenvalue weighted by Crippen LogP contribution is 2.22. The molecule has 0 saturated heterocycles. The third kappa shape index (κ3) is 4.73. The number of rotatable bonds is 6. The number of hydrogen-bond donors (Lipinski definition) is 1. The first-order valence-electron chi connectivity index (χ1n) is 7.40. The number of carbonyl (C=O) groups is 1. The van der Waals surface area contributed by atoms with Crippen molar-refractivity contribution in [3.05, 3.63) is 29.8 Å². The van der Waals surface area contributed by atoms with Crippen LogP contribution in [0.25, 0.3) is 0 Å². The van der Waals surface area contributed by atoms with Gasteiger partial charge in [-0.1, -0.05) is 26.0 Å². The van der Waals surface area contributed by atoms with Gasteiger partial charge < -0.3 is 5.32 Å². The summed E-state index contributed by atoms with van der Waals surface area (Å²) in [5.41, 5.74) is 1.44. The minimum absolute atomic E-state index is 0.0196. The highest BCUT2D eigenvalue weighted by Gasteiger charge is 2.30. The maximum atomic E-state index is 12.4. The molecule has 0 fully saturated rings. The second kappa shape index (κ2) is 7.13. The minimum Gasteiger partial charge on any atom is -0.352 e. The lowest BCUT2D eigenvalue weighted by atomic mass is 10.1. The lowest BCUT2D eigenvalue weighted by Crippen LogP contribution is -2.50. The fraction of sp³-hybridized carbons (Fsp3) is 0.562. The van der Waals surface area contributed by atoms with Crippen molar-refractivity contribution < 1.29 is 13.2 Å². The van der Waals surface area contributed by atoms with Gasteiger partial charge >= 0.3 is 0 Å². The number of anilines is 1. The molecule has 2 atom stereocenters. The number of nitrogens with zero attached hydrogens (tertiary/aromatic N) is 1. The summed E-state index contributed by atoms with van der Waals surface area (Å²) in [4.78, 5) is 12.4. The first-order chi connectivity index (χ1) is 10.0. The zero-order chi connectivity index (χ0) is 17.1. The van der Waals surface area contributed by atoms with Crippen LogP contribution >= 0.6 is 0 Å². The van der Waals surface area contributed by atoms with Crippen LogP contribution in [0.15, 0.2) is 24.3 Å². The molecule has 0 heterocycles. The van der Waals surface area contributed by atoms with Crippen molar-refractivity contribution in [2.24, 2.45) is 5.92 Å². The van der Waals surface area contributed by atoms with Gasteiger partial charge in [0.2, 0.25) is 15.9 Å². The predicted molar refractivity (Wildman–Crippen MR) is 90.4 cm³/mol. The van der Waals surface area contributed by atoms with E-state index in [4.69, 9.17) is 0 Å². The molecular weight excluding hydrogens is 300 g/mol. The highest BCUT2D eigenvalue weighted by atomic mass is 32.2. The lowest BCUT2D eigenvalue weighted by Gasteiger charge is -2.30. The number of amides is 1. The van der Waals surface area contributed by atoms with E-state index in [0.29, 0.717) is 5.69 Å². The Kier molecular flexibility index (Phi) is 6.00. The number of nitrogens with one attached hydrogen (secondary N) is 1. The summed E-state index contributed by atoms with van der Waals surface area (Å²) in [6, 6.07) is 6.30. The Balaban J connectivity index is 3.11. The van der Waals surface area contributed by atoms with E-state index in [-0.39, 0.29) is 17.9 Å². The zero-order valence-corrected chi connectivity index (χ0v) is 14.9. The normalized spacial score (nSPS) is 14.5. The quantitative estimate of drug-likeness (QED) is 0.872. The van der Waals surface area contributed by atoms with Gasteiger partial charge in [0.1, 0.15) is 6.04 Å². The number of aryl methyl sites for hydroxylation is 1. The summed E-state index contributed by atoms with van der Waals surface area (Å²) in [6.45, 7) is 9.41. The summed E-state index contributed by atoms with van der Waals surface area (Å²) in [5.74, 6) is -0.0186. The molecule has 0 saturated carbocycles. The van der Waals surface area contributed by atoms with E-state index in [2.05, 4.69) is 5.32 Å². The second-order valence-electron chi connectivity index (χ2n) is 6.12. The summed E-state index contributed by atoms with van der Waals surface area (Å²) < 4.78 is 25.5. The maximum absolute atomic E-state index is 12.4. The van der Waals surface area contributed by atoms with Gasteiger partial charge in [-0.3, -0.25) is 9.10 Å². The molecule has 0 aliphatic carbocycles. The van der Waals surface area contributed by atoms with Gasteiger partial charge in [-0.25, -0.2) is 8.42 Å². The van der Waals surface area contributed by atoms with Crippen molar-refractivity contribution in [3.8, 4) is 0 Å². The summed E-state index contributed by atoms with van der Waals surface area (Å²) in [7, 11) is -3.56. The van der Waals surface area contributed by atoms with Crippen LogP contribution in [0.4, 0.5) is 5.69 Å². The van der Waals surface area contributed by atoms with Crippen LogP contribution in [0.1, 0.15) is 33.3 Å². The lowest BCUT2D eigenvalue weighted by molar-refractivity contribution is -0.122. The third-order valence-electron chi connectivity index (χ3n) is 3.71. The molecule has 0 aliphatic heterocycles. The number of benzene rings is 1. The smallest absolute Gasteiger partial charge is 0.243 e. The number of hydrogen-bond acceptors (Lipinski definition) is 3. The van der Waals surface area contributed by atoms with Crippen LogP contribution in [-0.2, 0) is 14.8 Å². The molecule has 0 radical (unpaired) electrons. The van der Waals surface area contributed by atoms with Crippen molar-refractivity contribution in [3.63, 3.8) is 0 Å². The molecule has 5 nitrogen and oxygen atoms in total. The van der Waals surface area contributed by atoms with Crippen molar-refractivity contribution in [2.75, 3.05) is 10.6 Å². The molecule has 1 rings (SSSR count). The summed E-state index contributed by atoms with van der Waals surface area (Å²) in [6.07, 6.45) is 1.12. The van der Waals surface area contributed by atoms with Gasteiger partial charge in [0, 0.05) is 6.04 Å². The SMILES string of the molecule is Cc1cccc(N([C@@H](C)C(=O)N[C@H](C)C(C)C)S(C)(=O)=O)c1. The Morgan fingerprint density at radius 1 is 1.18 bits per heavy atom. The molecule has 124 valence electrons. The van der Waals surface area contributed by atoms with Crippen molar-refractivity contribution >= 4 is 21.6 Å². The van der Waals surface area contributed by atoms with Gasteiger partial charge in [0.05, 0.1) is 11.9 Å². The van der Waals surface area contributed by atoms with Gasteiger partial charge in [0.25, 0.3) is 0 Å². The van der Waals surface area contributed by atoms with E-state index in [9.17, 15) is 13.2 Å². The number of carbonyl (C=O) groups excluding carboxylic acids is 1. The van der Waals surface area contributed by atoms with Gasteiger partial charge in [0.15, 0.2) is 0 Å². The minimum atomic E-state index is -3.56. The summed E-state index contributed by atoms with van der Waals surface area (Å²) in [5, 5.41) is 2.87. The van der Waals surface area contributed by atoms with E-state index in [1.165, 1.54) is 4.31 Å². The maximum Gasteiger partial charge on any atom is 0.243 e. The first-order valence-corrected chi connectivity index (χ1v) is 9.25. The van der Waals surface area contributed by atoms with E-state index >= 15 is 0 Å². The second-order valence-corrected chi connectivity index (χ2v) is 7.97. The zero-order valence-electron chi connectivity index (χ0n) is 14.1. The van der Waals surface area contributed by atoms with Crippen LogP contribution in [-0.4, -0.2) is 32.7 Å². The van der Waals surface area contributed by atoms with Crippen LogP contribution in [0.3, 0.4) is 0 Å². The molecule has 1 amide bonds. The molecule has 0 bridgehead atoms. The molecule has 1 N–H and O–H groups in total. The Hall–Kier alpha value is -1.56. The Morgan fingerprint density at radius 3 is 2.23 bits per heavy atom. The fourth-order valence-corrected chi connectivity index (χ4v) is 3.25. The molecule has 1 aromatic rings. The van der Waals surface area contributed by atoms with Gasteiger partial charge in [-0.15, -0.1) is 0 Å². The van der Waals surface area contributed by atoms with Crippen molar-refractivity contribution in [2.45, 2.75) is 46.7 Å². The van der Waals surface area contributed by atoms with E-state index in [1.807, 2.05) is 33.8 Å². The Bertz CT molecular complexity index is 626. The van der Waals surface area contributed by atoms with Crippen molar-refractivity contribution in [1.82, 2.24) is 5.32 Å². The molecule has 0 aliphatic rings. The molecule has 0 spiro atoms. The van der Waals surface area contributed by atoms with E-state index < -0.39 is 16.1 Å². The molecule has 0 aromatic heterocycles. The number of sulfonamides is 1. The van der Waals surface area contributed by atoms with Crippen molar-refractivity contribution in [1.29, 1.82) is 0 Å². The van der Waals surface area contributed by atoms with Crippen LogP contribution in [0.2, 0.25) is 0 Å². The van der Waals surface area contributed by atoms with Crippen LogP contribution < -0.4 is 9.62 Å². The fourth-order valence-electron chi connectivity index (χ4n) is 2.09. The monoisotopic (exact) mass is 326 g/mol. The highest BCUT2D eigenvalue weighted by molar-refractivity contribution is 7.92. The molecule has 22 heavy (non-hydrogen) atoms. The third-order valence-corrected chi connectivity index (χ3v) is 4.96. The molecular formula is C16H26N2O3S. The Labute approximate surface area is 133 Å². The topological polar surface area (TPSA) is 66.5 Å². The van der Waals surface area contributed by atoms with E-state index in [1.54, 1.807) is 25.1 Å². The van der Waals surface area contributed by atoms with Gasteiger partial charge in [-0.05, 0) is 44.4 Å². The molecule has 6 heteroatoms. The van der Waals surface area contributed by atoms with Crippen LogP contribution in [0, 0.1) is 12.8 Å². The Morgan fingerprint density at radius 2 is 1.77 bits per heavy atom. The molecule has 0 unspecified atom stereocenters. The predicted octanol–water partition coefficient (Wildman–Crippen LogP) is 2.31. The largest absolute Gasteiger partial charge is 0.352 e. The average molecular weight is 326 g/mol.